The Labute approximate surface area is 131 Å². The van der Waals surface area contributed by atoms with Crippen molar-refractivity contribution < 1.29 is 9.53 Å². The van der Waals surface area contributed by atoms with E-state index in [1.54, 1.807) is 32.2 Å². The highest BCUT2D eigenvalue weighted by molar-refractivity contribution is 8.00. The van der Waals surface area contributed by atoms with E-state index >= 15 is 0 Å². The normalized spacial score (nSPS) is 12.0. The van der Waals surface area contributed by atoms with Gasteiger partial charge in [-0.25, -0.2) is 4.68 Å². The van der Waals surface area contributed by atoms with Gasteiger partial charge < -0.3 is 10.1 Å². The minimum atomic E-state index is -0.376. The summed E-state index contributed by atoms with van der Waals surface area (Å²) >= 11 is 7.19. The summed E-state index contributed by atoms with van der Waals surface area (Å²) in [6, 6.07) is 5.03. The Morgan fingerprint density at radius 1 is 1.52 bits per heavy atom. The maximum Gasteiger partial charge on any atom is 0.237 e. The molecule has 7 nitrogen and oxygen atoms in total. The second-order valence-corrected chi connectivity index (χ2v) is 5.92. The molecule has 0 saturated carbocycles. The van der Waals surface area contributed by atoms with Gasteiger partial charge in [-0.05, 0) is 35.5 Å². The van der Waals surface area contributed by atoms with E-state index in [4.69, 9.17) is 16.3 Å². The fourth-order valence-corrected chi connectivity index (χ4v) is 2.47. The van der Waals surface area contributed by atoms with Gasteiger partial charge in [0, 0.05) is 12.1 Å². The molecule has 0 unspecified atom stereocenters. The highest BCUT2D eigenvalue weighted by Gasteiger charge is 2.19. The largest absolute Gasteiger partial charge is 0.495 e. The summed E-state index contributed by atoms with van der Waals surface area (Å²) in [5, 5.41) is 14.6. The van der Waals surface area contributed by atoms with Gasteiger partial charge in [-0.2, -0.15) is 0 Å². The first-order valence-corrected chi connectivity index (χ1v) is 7.30. The van der Waals surface area contributed by atoms with E-state index in [1.807, 2.05) is 0 Å². The molecule has 2 aromatic rings. The number of amides is 1. The number of hydrogen-bond acceptors (Lipinski definition) is 6. The lowest BCUT2D eigenvalue weighted by molar-refractivity contribution is -0.115. The van der Waals surface area contributed by atoms with Crippen LogP contribution in [0.15, 0.2) is 23.4 Å². The molecule has 0 aliphatic heterocycles. The molecular formula is C12H14ClN5O2S. The Bertz CT molecular complexity index is 648. The zero-order valence-electron chi connectivity index (χ0n) is 11.7. The van der Waals surface area contributed by atoms with Crippen molar-refractivity contribution >= 4 is 35.0 Å². The second kappa shape index (κ2) is 6.77. The zero-order valence-corrected chi connectivity index (χ0v) is 13.3. The summed E-state index contributed by atoms with van der Waals surface area (Å²) in [6.07, 6.45) is 0. The van der Waals surface area contributed by atoms with Crippen LogP contribution in [0, 0.1) is 0 Å². The lowest BCUT2D eigenvalue weighted by atomic mass is 10.3. The van der Waals surface area contributed by atoms with Crippen molar-refractivity contribution in [3.63, 3.8) is 0 Å². The number of anilines is 1. The first-order valence-electron chi connectivity index (χ1n) is 6.04. The number of thioether (sulfide) groups is 1. The van der Waals surface area contributed by atoms with Crippen LogP contribution in [-0.4, -0.2) is 38.5 Å². The van der Waals surface area contributed by atoms with Crippen molar-refractivity contribution in [3.8, 4) is 5.75 Å². The number of nitrogens with one attached hydrogen (secondary N) is 1. The lowest BCUT2D eigenvalue weighted by Gasteiger charge is -2.13. The molecule has 1 amide bonds. The lowest BCUT2D eigenvalue weighted by Crippen LogP contribution is -2.23. The van der Waals surface area contributed by atoms with Crippen molar-refractivity contribution in [1.82, 2.24) is 20.2 Å². The van der Waals surface area contributed by atoms with E-state index in [2.05, 4.69) is 20.8 Å². The van der Waals surface area contributed by atoms with Gasteiger partial charge in [0.25, 0.3) is 0 Å². The van der Waals surface area contributed by atoms with Crippen LogP contribution >= 0.6 is 23.4 Å². The van der Waals surface area contributed by atoms with Crippen LogP contribution in [0.1, 0.15) is 6.92 Å². The third-order valence-corrected chi connectivity index (χ3v) is 4.01. The average Bonchev–Trinajstić information content (AvgIpc) is 2.84. The number of carbonyl (C=O) groups is 1. The maximum atomic E-state index is 12.2. The molecule has 1 N–H and O–H groups in total. The molecule has 2 rings (SSSR count). The van der Waals surface area contributed by atoms with Gasteiger partial charge in [-0.1, -0.05) is 23.4 Å². The van der Waals surface area contributed by atoms with Crippen LogP contribution in [0.2, 0.25) is 5.02 Å². The summed E-state index contributed by atoms with van der Waals surface area (Å²) in [7, 11) is 3.25. The van der Waals surface area contributed by atoms with Crippen LogP contribution in [0.25, 0.3) is 0 Å². The van der Waals surface area contributed by atoms with E-state index in [0.717, 1.165) is 0 Å². The van der Waals surface area contributed by atoms with Gasteiger partial charge >= 0.3 is 0 Å². The molecule has 1 aromatic carbocycles. The minimum absolute atomic E-state index is 0.191. The molecule has 0 fully saturated rings. The van der Waals surface area contributed by atoms with Crippen molar-refractivity contribution in [2.45, 2.75) is 17.3 Å². The third-order valence-electron chi connectivity index (χ3n) is 2.65. The summed E-state index contributed by atoms with van der Waals surface area (Å²) in [6.45, 7) is 1.77. The number of hydrogen-bond donors (Lipinski definition) is 1. The SMILES string of the molecule is COc1ccc(Cl)cc1NC(=O)[C@H](C)Sc1nnnn1C. The van der Waals surface area contributed by atoms with Gasteiger partial charge in [-0.15, -0.1) is 5.10 Å². The van der Waals surface area contributed by atoms with Crippen molar-refractivity contribution in [1.29, 1.82) is 0 Å². The van der Waals surface area contributed by atoms with Gasteiger partial charge in [-0.3, -0.25) is 4.79 Å². The van der Waals surface area contributed by atoms with Crippen molar-refractivity contribution in [2.75, 3.05) is 12.4 Å². The predicted molar refractivity (Wildman–Crippen MR) is 80.8 cm³/mol. The highest BCUT2D eigenvalue weighted by Crippen LogP contribution is 2.29. The van der Waals surface area contributed by atoms with Crippen LogP contribution in [0.5, 0.6) is 5.75 Å². The van der Waals surface area contributed by atoms with Crippen molar-refractivity contribution in [3.05, 3.63) is 23.2 Å². The smallest absolute Gasteiger partial charge is 0.237 e. The molecule has 1 atom stereocenters. The van der Waals surface area contributed by atoms with E-state index in [-0.39, 0.29) is 11.2 Å². The minimum Gasteiger partial charge on any atom is -0.495 e. The number of carbonyl (C=O) groups excluding carboxylic acids is 1. The number of benzene rings is 1. The Morgan fingerprint density at radius 3 is 2.90 bits per heavy atom. The fourth-order valence-electron chi connectivity index (χ4n) is 1.54. The molecule has 0 aliphatic rings. The van der Waals surface area contributed by atoms with Gasteiger partial charge in [0.1, 0.15) is 5.75 Å². The molecule has 1 heterocycles. The quantitative estimate of drug-likeness (QED) is 0.846. The topological polar surface area (TPSA) is 81.9 Å². The molecular weight excluding hydrogens is 314 g/mol. The monoisotopic (exact) mass is 327 g/mol. The number of tetrazole rings is 1. The molecule has 0 radical (unpaired) electrons. The Balaban J connectivity index is 2.07. The number of aromatic nitrogens is 4. The molecule has 21 heavy (non-hydrogen) atoms. The summed E-state index contributed by atoms with van der Waals surface area (Å²) < 4.78 is 6.70. The van der Waals surface area contributed by atoms with Crippen molar-refractivity contribution in [2.24, 2.45) is 7.05 Å². The fraction of sp³-hybridized carbons (Fsp3) is 0.333. The Hall–Kier alpha value is -1.80. The number of aryl methyl sites for hydroxylation is 1. The summed E-state index contributed by atoms with van der Waals surface area (Å²) in [4.78, 5) is 12.2. The van der Waals surface area contributed by atoms with Gasteiger partial charge in [0.05, 0.1) is 18.0 Å². The zero-order chi connectivity index (χ0) is 15.4. The predicted octanol–water partition coefficient (Wildman–Crippen LogP) is 1.99. The molecule has 112 valence electrons. The van der Waals surface area contributed by atoms with E-state index in [1.165, 1.54) is 23.6 Å². The average molecular weight is 328 g/mol. The standard InChI is InChI=1S/C12H14ClN5O2S/c1-7(21-12-15-16-17-18(12)2)11(19)14-9-6-8(13)4-5-10(9)20-3/h4-7H,1-3H3,(H,14,19)/t7-/m0/s1. The Morgan fingerprint density at radius 2 is 2.29 bits per heavy atom. The Kier molecular flexibility index (Phi) is 5.03. The number of rotatable bonds is 5. The van der Waals surface area contributed by atoms with Crippen LogP contribution in [-0.2, 0) is 11.8 Å². The van der Waals surface area contributed by atoms with E-state index in [0.29, 0.717) is 21.6 Å². The molecule has 0 saturated heterocycles. The van der Waals surface area contributed by atoms with Crippen LogP contribution in [0.3, 0.4) is 0 Å². The number of halogens is 1. The number of ether oxygens (including phenoxy) is 1. The van der Waals surface area contributed by atoms with Gasteiger partial charge in [0.15, 0.2) is 0 Å². The molecule has 1 aromatic heterocycles. The van der Waals surface area contributed by atoms with Gasteiger partial charge in [0.2, 0.25) is 11.1 Å². The summed E-state index contributed by atoms with van der Waals surface area (Å²) in [5.41, 5.74) is 0.526. The first kappa shape index (κ1) is 15.6. The molecule has 0 spiro atoms. The first-order chi connectivity index (χ1) is 10.0. The molecule has 0 aliphatic carbocycles. The number of methoxy groups -OCH3 is 1. The molecule has 0 bridgehead atoms. The van der Waals surface area contributed by atoms with E-state index in [9.17, 15) is 4.79 Å². The third kappa shape index (κ3) is 3.85. The summed E-state index contributed by atoms with van der Waals surface area (Å²) in [5.74, 6) is 0.355. The number of nitrogens with zero attached hydrogens (tertiary/aromatic N) is 4. The second-order valence-electron chi connectivity index (χ2n) is 4.18. The van der Waals surface area contributed by atoms with Crippen LogP contribution < -0.4 is 10.1 Å². The molecule has 9 heteroatoms. The maximum absolute atomic E-state index is 12.2. The van der Waals surface area contributed by atoms with Crippen LogP contribution in [0.4, 0.5) is 5.69 Å². The van der Waals surface area contributed by atoms with E-state index < -0.39 is 0 Å². The highest BCUT2D eigenvalue weighted by atomic mass is 35.5.